The molecule has 5 rings (SSSR count). The lowest BCUT2D eigenvalue weighted by Gasteiger charge is -2.30. The largest absolute Gasteiger partial charge is 0.497 e. The Morgan fingerprint density at radius 3 is 2.03 bits per heavy atom. The molecule has 10 heteroatoms. The van der Waals surface area contributed by atoms with Crippen molar-refractivity contribution in [1.82, 2.24) is 9.78 Å². The maximum absolute atomic E-state index is 13.8. The van der Waals surface area contributed by atoms with Gasteiger partial charge in [-0.3, -0.25) is 9.59 Å². The molecule has 0 spiro atoms. The summed E-state index contributed by atoms with van der Waals surface area (Å²) < 4.78 is 33.7. The summed E-state index contributed by atoms with van der Waals surface area (Å²) in [6.45, 7) is 1.72. The number of hydrogen-bond acceptors (Lipinski definition) is 5. The average Bonchev–Trinajstić information content (AvgIpc) is 3.33. The topological polar surface area (TPSA) is 97.3 Å². The number of carbonyl (C=O) groups excluding carboxylic acids is 2. The van der Waals surface area contributed by atoms with E-state index in [1.165, 1.54) is 47.3 Å². The second-order valence-electron chi connectivity index (χ2n) is 8.61. The van der Waals surface area contributed by atoms with E-state index < -0.39 is 29.5 Å². The molecule has 8 nitrogen and oxygen atoms in total. The molecule has 0 radical (unpaired) electrons. The van der Waals surface area contributed by atoms with Crippen LogP contribution in [0.25, 0.3) is 0 Å². The maximum Gasteiger partial charge on any atom is 0.261 e. The number of carbonyl (C=O) groups is 2. The Morgan fingerprint density at radius 1 is 0.868 bits per heavy atom. The molecule has 38 heavy (non-hydrogen) atoms. The van der Waals surface area contributed by atoms with E-state index in [1.54, 1.807) is 50.4 Å². The third-order valence-electron chi connectivity index (χ3n) is 6.15. The lowest BCUT2D eigenvalue weighted by molar-refractivity contribution is -0.113. The van der Waals surface area contributed by atoms with Crippen LogP contribution < -0.4 is 20.7 Å². The Balaban J connectivity index is 1.51. The highest BCUT2D eigenvalue weighted by Crippen LogP contribution is 2.38. The quantitative estimate of drug-likeness (QED) is 0.322. The summed E-state index contributed by atoms with van der Waals surface area (Å²) in [5.74, 6) is -0.703. The van der Waals surface area contributed by atoms with E-state index in [2.05, 4.69) is 21.0 Å². The van der Waals surface area contributed by atoms with E-state index in [1.807, 2.05) is 0 Å². The van der Waals surface area contributed by atoms with Crippen molar-refractivity contribution in [2.75, 3.05) is 23.1 Å². The first-order chi connectivity index (χ1) is 18.3. The number of nitrogens with zero attached hydrogens (tertiary/aromatic N) is 2. The molecule has 1 aliphatic heterocycles. The number of fused-ring (bicyclic) bond motifs is 1. The average molecular weight is 516 g/mol. The molecule has 1 atom stereocenters. The Kier molecular flexibility index (Phi) is 6.61. The number of halogens is 2. The predicted molar refractivity (Wildman–Crippen MR) is 139 cm³/mol. The number of aromatic nitrogens is 2. The van der Waals surface area contributed by atoms with Gasteiger partial charge in [0.2, 0.25) is 0 Å². The van der Waals surface area contributed by atoms with Crippen LogP contribution in [0, 0.1) is 11.6 Å². The molecule has 1 unspecified atom stereocenters. The molecule has 192 valence electrons. The SMILES string of the molecule is COc1ccc(NC(=O)C2=C(C)Nc3c(C(=O)Nc4ccc(F)cc4)cnn3C2c2ccc(F)cc2)cc1. The second kappa shape index (κ2) is 10.2. The Morgan fingerprint density at radius 2 is 1.42 bits per heavy atom. The number of hydrogen-bond donors (Lipinski definition) is 3. The third kappa shape index (κ3) is 4.83. The van der Waals surface area contributed by atoms with Crippen molar-refractivity contribution in [3.63, 3.8) is 0 Å². The summed E-state index contributed by atoms with van der Waals surface area (Å²) in [5, 5.41) is 13.2. The van der Waals surface area contributed by atoms with Crippen molar-refractivity contribution >= 4 is 29.0 Å². The Hall–Kier alpha value is -4.99. The zero-order chi connectivity index (χ0) is 26.8. The van der Waals surface area contributed by atoms with Crippen LogP contribution in [0.4, 0.5) is 26.0 Å². The zero-order valence-corrected chi connectivity index (χ0v) is 20.5. The molecule has 0 saturated heterocycles. The summed E-state index contributed by atoms with van der Waals surface area (Å²) >= 11 is 0. The van der Waals surface area contributed by atoms with Crippen molar-refractivity contribution < 1.29 is 23.1 Å². The maximum atomic E-state index is 13.8. The van der Waals surface area contributed by atoms with Crippen molar-refractivity contribution in [2.45, 2.75) is 13.0 Å². The van der Waals surface area contributed by atoms with E-state index in [0.29, 0.717) is 39.8 Å². The van der Waals surface area contributed by atoms with Gasteiger partial charge in [0.25, 0.3) is 11.8 Å². The van der Waals surface area contributed by atoms with Crippen LogP contribution in [0.3, 0.4) is 0 Å². The summed E-state index contributed by atoms with van der Waals surface area (Å²) in [6, 6.07) is 17.3. The minimum Gasteiger partial charge on any atom is -0.497 e. The molecular weight excluding hydrogens is 492 g/mol. The van der Waals surface area contributed by atoms with Gasteiger partial charge < -0.3 is 20.7 Å². The number of rotatable bonds is 6. The first-order valence-corrected chi connectivity index (χ1v) is 11.7. The number of benzene rings is 3. The fraction of sp³-hybridized carbons (Fsp3) is 0.107. The predicted octanol–water partition coefficient (Wildman–Crippen LogP) is 5.35. The number of anilines is 3. The van der Waals surface area contributed by atoms with Crippen molar-refractivity contribution in [1.29, 1.82) is 0 Å². The van der Waals surface area contributed by atoms with Crippen LogP contribution in [-0.2, 0) is 4.79 Å². The molecule has 0 fully saturated rings. The van der Waals surface area contributed by atoms with Gasteiger partial charge in [0.1, 0.15) is 34.8 Å². The second-order valence-corrected chi connectivity index (χ2v) is 8.61. The van der Waals surface area contributed by atoms with Crippen molar-refractivity contribution in [3.8, 4) is 5.75 Å². The van der Waals surface area contributed by atoms with E-state index in [4.69, 9.17) is 4.74 Å². The molecule has 1 aliphatic rings. The molecule has 1 aromatic heterocycles. The molecule has 2 heterocycles. The van der Waals surface area contributed by atoms with Gasteiger partial charge in [-0.15, -0.1) is 0 Å². The summed E-state index contributed by atoms with van der Waals surface area (Å²) in [7, 11) is 1.55. The van der Waals surface area contributed by atoms with Gasteiger partial charge in [-0.05, 0) is 73.2 Å². The monoisotopic (exact) mass is 515 g/mol. The van der Waals surface area contributed by atoms with E-state index in [9.17, 15) is 18.4 Å². The van der Waals surface area contributed by atoms with Gasteiger partial charge in [-0.25, -0.2) is 13.5 Å². The summed E-state index contributed by atoms with van der Waals surface area (Å²) in [4.78, 5) is 26.6. The van der Waals surface area contributed by atoms with Gasteiger partial charge in [-0.1, -0.05) is 12.1 Å². The minimum atomic E-state index is -0.752. The fourth-order valence-corrected chi connectivity index (χ4v) is 4.27. The smallest absolute Gasteiger partial charge is 0.261 e. The van der Waals surface area contributed by atoms with Crippen LogP contribution in [0.2, 0.25) is 0 Å². The Bertz CT molecular complexity index is 1530. The molecular formula is C28H23F2N5O3. The van der Waals surface area contributed by atoms with Crippen LogP contribution in [0.1, 0.15) is 28.9 Å². The summed E-state index contributed by atoms with van der Waals surface area (Å²) in [5.41, 5.74) is 2.62. The highest BCUT2D eigenvalue weighted by atomic mass is 19.1. The van der Waals surface area contributed by atoms with Crippen molar-refractivity contribution in [3.05, 3.63) is 113 Å². The molecule has 0 saturated carbocycles. The lowest BCUT2D eigenvalue weighted by atomic mass is 9.94. The fourth-order valence-electron chi connectivity index (χ4n) is 4.27. The van der Waals surface area contributed by atoms with Gasteiger partial charge in [0, 0.05) is 17.1 Å². The van der Waals surface area contributed by atoms with Crippen LogP contribution in [0.15, 0.2) is 90.3 Å². The van der Waals surface area contributed by atoms with Crippen LogP contribution in [-0.4, -0.2) is 28.7 Å². The molecule has 2 amide bonds. The van der Waals surface area contributed by atoms with Gasteiger partial charge in [-0.2, -0.15) is 5.10 Å². The van der Waals surface area contributed by atoms with Crippen LogP contribution >= 0.6 is 0 Å². The number of allylic oxidation sites excluding steroid dienone is 1. The number of ether oxygens (including phenoxy) is 1. The van der Waals surface area contributed by atoms with Crippen LogP contribution in [0.5, 0.6) is 5.75 Å². The van der Waals surface area contributed by atoms with E-state index >= 15 is 0 Å². The molecule has 0 bridgehead atoms. The number of nitrogens with one attached hydrogen (secondary N) is 3. The summed E-state index contributed by atoms with van der Waals surface area (Å²) in [6.07, 6.45) is 1.38. The number of amides is 2. The molecule has 3 N–H and O–H groups in total. The highest BCUT2D eigenvalue weighted by molar-refractivity contribution is 6.09. The van der Waals surface area contributed by atoms with E-state index in [0.717, 1.165) is 0 Å². The minimum absolute atomic E-state index is 0.218. The molecule has 4 aromatic rings. The zero-order valence-electron chi connectivity index (χ0n) is 20.5. The van der Waals surface area contributed by atoms with E-state index in [-0.39, 0.29) is 5.56 Å². The first kappa shape index (κ1) is 24.7. The Labute approximate surface area is 216 Å². The third-order valence-corrected chi connectivity index (χ3v) is 6.15. The standard InChI is InChI=1S/C28H23F2N5O3/c1-16-24(28(37)34-21-11-13-22(38-2)14-12-21)25(17-3-5-18(29)6-4-17)35-26(32-16)23(15-31-35)27(36)33-20-9-7-19(30)8-10-20/h3-15,25,32H,1-2H3,(H,33,36)(H,34,37). The highest BCUT2D eigenvalue weighted by Gasteiger charge is 2.35. The molecule has 3 aromatic carbocycles. The molecule has 0 aliphatic carbocycles. The lowest BCUT2D eigenvalue weighted by Crippen LogP contribution is -2.32. The number of methoxy groups -OCH3 is 1. The van der Waals surface area contributed by atoms with Gasteiger partial charge in [0.15, 0.2) is 0 Å². The van der Waals surface area contributed by atoms with Crippen molar-refractivity contribution in [2.24, 2.45) is 0 Å². The normalized spacial score (nSPS) is 14.4. The van der Waals surface area contributed by atoms with Gasteiger partial charge in [0.05, 0.1) is 18.9 Å². The first-order valence-electron chi connectivity index (χ1n) is 11.7. The van der Waals surface area contributed by atoms with Gasteiger partial charge >= 0.3 is 0 Å².